The van der Waals surface area contributed by atoms with Crippen molar-refractivity contribution in [1.82, 2.24) is 4.90 Å². The number of rotatable bonds is 4. The van der Waals surface area contributed by atoms with Crippen LogP contribution in [0.15, 0.2) is 29.2 Å². The van der Waals surface area contributed by atoms with Gasteiger partial charge in [0.05, 0.1) is 4.90 Å². The lowest BCUT2D eigenvalue weighted by Gasteiger charge is -2.33. The summed E-state index contributed by atoms with van der Waals surface area (Å²) in [5.74, 6) is -0.237. The Hall–Kier alpha value is -1.07. The lowest BCUT2D eigenvalue weighted by Crippen LogP contribution is -2.48. The topological polar surface area (TPSA) is 54.5 Å². The Labute approximate surface area is 142 Å². The molecule has 0 aliphatic heterocycles. The van der Waals surface area contributed by atoms with Gasteiger partial charge in [-0.1, -0.05) is 30.9 Å². The van der Waals surface area contributed by atoms with Crippen LogP contribution in [-0.2, 0) is 14.6 Å². The van der Waals surface area contributed by atoms with Gasteiger partial charge in [0.2, 0.25) is 5.91 Å². The molecule has 0 radical (unpaired) electrons. The summed E-state index contributed by atoms with van der Waals surface area (Å²) in [6, 6.07) is 6.27. The molecule has 0 unspecified atom stereocenters. The van der Waals surface area contributed by atoms with Crippen molar-refractivity contribution in [2.45, 2.75) is 60.6 Å². The second-order valence-corrected chi connectivity index (χ2v) is 9.36. The average molecular weight is 356 g/mol. The fourth-order valence-corrected chi connectivity index (χ4v) is 5.59. The molecule has 0 spiro atoms. The zero-order valence-electron chi connectivity index (χ0n) is 13.3. The van der Waals surface area contributed by atoms with Gasteiger partial charge in [0.15, 0.2) is 14.6 Å². The molecule has 3 rings (SSSR count). The molecule has 1 aromatic rings. The van der Waals surface area contributed by atoms with Crippen molar-refractivity contribution in [1.29, 1.82) is 0 Å². The summed E-state index contributed by atoms with van der Waals surface area (Å²) in [7, 11) is -1.92. The third kappa shape index (κ3) is 2.89. The standard InChI is InChI=1S/C17H22ClNO3S/c1-19(14-5-3-2-4-6-14)16(20)17(11-12-17)23(21,22)15-9-7-13(18)8-10-15/h7-10,14H,2-6,11-12H2,1H3. The van der Waals surface area contributed by atoms with Gasteiger partial charge in [-0.25, -0.2) is 8.42 Å². The molecule has 0 N–H and O–H groups in total. The van der Waals surface area contributed by atoms with Gasteiger partial charge in [-0.15, -0.1) is 0 Å². The third-order valence-corrected chi connectivity index (χ3v) is 7.93. The van der Waals surface area contributed by atoms with Crippen LogP contribution in [0, 0.1) is 0 Å². The van der Waals surface area contributed by atoms with Crippen LogP contribution >= 0.6 is 11.6 Å². The second kappa shape index (κ2) is 6.10. The minimum atomic E-state index is -3.68. The first-order chi connectivity index (χ1) is 10.9. The van der Waals surface area contributed by atoms with E-state index in [0.717, 1.165) is 25.7 Å². The van der Waals surface area contributed by atoms with E-state index in [4.69, 9.17) is 11.6 Å². The normalized spacial score (nSPS) is 21.0. The van der Waals surface area contributed by atoms with Crippen molar-refractivity contribution in [3.63, 3.8) is 0 Å². The summed E-state index contributed by atoms with van der Waals surface area (Å²) in [4.78, 5) is 14.8. The first-order valence-electron chi connectivity index (χ1n) is 8.16. The lowest BCUT2D eigenvalue weighted by molar-refractivity contribution is -0.132. The summed E-state index contributed by atoms with van der Waals surface area (Å²) in [5, 5.41) is 0.486. The van der Waals surface area contributed by atoms with Crippen molar-refractivity contribution in [3.8, 4) is 0 Å². The van der Waals surface area contributed by atoms with Crippen LogP contribution in [-0.4, -0.2) is 37.1 Å². The van der Waals surface area contributed by atoms with E-state index in [2.05, 4.69) is 0 Å². The summed E-state index contributed by atoms with van der Waals surface area (Å²) >= 11 is 5.84. The Kier molecular flexibility index (Phi) is 4.45. The minimum absolute atomic E-state index is 0.175. The minimum Gasteiger partial charge on any atom is -0.341 e. The molecule has 1 amide bonds. The van der Waals surface area contributed by atoms with Crippen LogP contribution in [0.3, 0.4) is 0 Å². The zero-order valence-corrected chi connectivity index (χ0v) is 14.9. The first kappa shape index (κ1) is 16.8. The maximum Gasteiger partial charge on any atom is 0.244 e. The van der Waals surface area contributed by atoms with Crippen LogP contribution < -0.4 is 0 Å². The fraction of sp³-hybridized carbons (Fsp3) is 0.588. The van der Waals surface area contributed by atoms with Crippen LogP contribution in [0.1, 0.15) is 44.9 Å². The van der Waals surface area contributed by atoms with Crippen molar-refractivity contribution in [2.75, 3.05) is 7.05 Å². The summed E-state index contributed by atoms with van der Waals surface area (Å²) in [5.41, 5.74) is 0. The van der Waals surface area contributed by atoms with Crippen LogP contribution in [0.5, 0.6) is 0 Å². The second-order valence-electron chi connectivity index (χ2n) is 6.66. The molecule has 1 aromatic carbocycles. The molecule has 2 saturated carbocycles. The molecule has 4 nitrogen and oxygen atoms in total. The van der Waals surface area contributed by atoms with Crippen molar-refractivity contribution >= 4 is 27.3 Å². The fourth-order valence-electron chi connectivity index (χ4n) is 3.51. The predicted octanol–water partition coefficient (Wildman–Crippen LogP) is 3.44. The number of amides is 1. The maximum atomic E-state index is 13.0. The number of carbonyl (C=O) groups is 1. The molecule has 0 bridgehead atoms. The molecule has 0 heterocycles. The number of nitrogens with zero attached hydrogens (tertiary/aromatic N) is 1. The number of hydrogen-bond acceptors (Lipinski definition) is 3. The SMILES string of the molecule is CN(C(=O)C1(S(=O)(=O)c2ccc(Cl)cc2)CC1)C1CCCCC1. The number of sulfone groups is 1. The quantitative estimate of drug-likeness (QED) is 0.831. The zero-order chi connectivity index (χ0) is 16.7. The Morgan fingerprint density at radius 2 is 1.70 bits per heavy atom. The molecule has 23 heavy (non-hydrogen) atoms. The first-order valence-corrected chi connectivity index (χ1v) is 10.0. The van der Waals surface area contributed by atoms with E-state index in [0.29, 0.717) is 17.9 Å². The molecule has 2 aliphatic carbocycles. The third-order valence-electron chi connectivity index (χ3n) is 5.17. The Morgan fingerprint density at radius 3 is 2.22 bits per heavy atom. The van der Waals surface area contributed by atoms with Crippen LogP contribution in [0.2, 0.25) is 5.02 Å². The van der Waals surface area contributed by atoms with Crippen LogP contribution in [0.4, 0.5) is 0 Å². The van der Waals surface area contributed by atoms with E-state index in [9.17, 15) is 13.2 Å². The molecular weight excluding hydrogens is 334 g/mol. The van der Waals surface area contributed by atoms with E-state index < -0.39 is 14.6 Å². The van der Waals surface area contributed by atoms with Gasteiger partial charge < -0.3 is 4.90 Å². The largest absolute Gasteiger partial charge is 0.341 e. The van der Waals surface area contributed by atoms with Gasteiger partial charge in [-0.2, -0.15) is 0 Å². The van der Waals surface area contributed by atoms with Gasteiger partial charge in [0, 0.05) is 18.1 Å². The smallest absolute Gasteiger partial charge is 0.244 e. The van der Waals surface area contributed by atoms with Crippen molar-refractivity contribution < 1.29 is 13.2 Å². The highest BCUT2D eigenvalue weighted by Crippen LogP contribution is 2.48. The number of carbonyl (C=O) groups excluding carboxylic acids is 1. The lowest BCUT2D eigenvalue weighted by atomic mass is 9.94. The number of benzene rings is 1. The van der Waals surface area contributed by atoms with Gasteiger partial charge in [0.1, 0.15) is 0 Å². The highest BCUT2D eigenvalue weighted by Gasteiger charge is 2.62. The number of halogens is 1. The summed E-state index contributed by atoms with van der Waals surface area (Å²) in [6.45, 7) is 0. The van der Waals surface area contributed by atoms with E-state index in [1.807, 2.05) is 0 Å². The summed E-state index contributed by atoms with van der Waals surface area (Å²) < 4.78 is 24.7. The summed E-state index contributed by atoms with van der Waals surface area (Å²) in [6.07, 6.45) is 6.19. The predicted molar refractivity (Wildman–Crippen MR) is 90.2 cm³/mol. The molecule has 6 heteroatoms. The average Bonchev–Trinajstić information content (AvgIpc) is 3.37. The molecule has 126 valence electrons. The molecule has 0 atom stereocenters. The molecular formula is C17H22ClNO3S. The van der Waals surface area contributed by atoms with Gasteiger partial charge in [0.25, 0.3) is 0 Å². The van der Waals surface area contributed by atoms with Crippen molar-refractivity contribution in [3.05, 3.63) is 29.3 Å². The highest BCUT2D eigenvalue weighted by atomic mass is 35.5. The monoisotopic (exact) mass is 355 g/mol. The van der Waals surface area contributed by atoms with Crippen LogP contribution in [0.25, 0.3) is 0 Å². The van der Waals surface area contributed by atoms with Crippen molar-refractivity contribution in [2.24, 2.45) is 0 Å². The van der Waals surface area contributed by atoms with E-state index in [1.54, 1.807) is 24.1 Å². The molecule has 0 aromatic heterocycles. The Morgan fingerprint density at radius 1 is 1.13 bits per heavy atom. The molecule has 2 fully saturated rings. The molecule has 2 aliphatic rings. The highest BCUT2D eigenvalue weighted by molar-refractivity contribution is 7.94. The Bertz CT molecular complexity index is 689. The van der Waals surface area contributed by atoms with Gasteiger partial charge in [-0.05, 0) is 49.9 Å². The Balaban J connectivity index is 1.85. The van der Waals surface area contributed by atoms with Gasteiger partial charge in [-0.3, -0.25) is 4.79 Å². The van der Waals surface area contributed by atoms with E-state index >= 15 is 0 Å². The van der Waals surface area contributed by atoms with Gasteiger partial charge >= 0.3 is 0 Å². The maximum absolute atomic E-state index is 13.0. The number of hydrogen-bond donors (Lipinski definition) is 0. The van der Waals surface area contributed by atoms with E-state index in [1.165, 1.54) is 18.6 Å². The molecule has 0 saturated heterocycles. The van der Waals surface area contributed by atoms with E-state index in [-0.39, 0.29) is 16.8 Å².